The molecule has 3 aliphatic heterocycles. The van der Waals surface area contributed by atoms with Crippen molar-refractivity contribution in [3.05, 3.63) is 18.3 Å². The normalized spacial score (nSPS) is 20.3. The Bertz CT molecular complexity index is 1110. The summed E-state index contributed by atoms with van der Waals surface area (Å²) in [5.41, 5.74) is 3.20. The van der Waals surface area contributed by atoms with Gasteiger partial charge in [0.15, 0.2) is 0 Å². The van der Waals surface area contributed by atoms with Crippen LogP contribution in [0.2, 0.25) is 0 Å². The third-order valence-electron chi connectivity index (χ3n) is 8.41. The maximum Gasteiger partial charge on any atom is 0.410 e. The lowest BCUT2D eigenvalue weighted by Crippen LogP contribution is -2.44. The number of carbonyl (C=O) groups is 1. The highest BCUT2D eigenvalue weighted by atomic mass is 16.6. The first kappa shape index (κ1) is 29.0. The predicted octanol–water partition coefficient (Wildman–Crippen LogP) is 3.57. The fraction of sp³-hybridized carbons (Fsp3) is 0.733. The van der Waals surface area contributed by atoms with Gasteiger partial charge in [-0.3, -0.25) is 9.58 Å². The number of hydrogen-bond donors (Lipinski definition) is 1. The predicted molar refractivity (Wildman–Crippen MR) is 160 cm³/mol. The number of piperazine rings is 1. The molecule has 0 radical (unpaired) electrons. The maximum atomic E-state index is 12.5. The van der Waals surface area contributed by atoms with Crippen LogP contribution in [0.15, 0.2) is 18.3 Å². The molecule has 3 saturated heterocycles. The van der Waals surface area contributed by atoms with Crippen LogP contribution in [-0.2, 0) is 16.0 Å². The summed E-state index contributed by atoms with van der Waals surface area (Å²) in [6.45, 7) is 18.1. The average molecular weight is 556 g/mol. The first-order valence-corrected chi connectivity index (χ1v) is 15.2. The Hall–Kier alpha value is -2.56. The molecule has 0 bridgehead atoms. The second-order valence-corrected chi connectivity index (χ2v) is 12.7. The van der Waals surface area contributed by atoms with E-state index >= 15 is 0 Å². The van der Waals surface area contributed by atoms with Crippen molar-refractivity contribution in [1.29, 1.82) is 0 Å². The van der Waals surface area contributed by atoms with E-state index in [-0.39, 0.29) is 6.09 Å². The molecule has 40 heavy (non-hydrogen) atoms. The molecule has 5 rings (SSSR count). The van der Waals surface area contributed by atoms with Crippen molar-refractivity contribution in [1.82, 2.24) is 24.5 Å². The van der Waals surface area contributed by atoms with Crippen LogP contribution in [-0.4, -0.2) is 122 Å². The molecular formula is C30H49N7O3. The number of benzene rings is 1. The number of carbonyl (C=O) groups excluding carboxylic acids is 1. The number of aromatic nitrogens is 2. The lowest BCUT2D eigenvalue weighted by atomic mass is 9.97. The molecule has 222 valence electrons. The Labute approximate surface area is 239 Å². The van der Waals surface area contributed by atoms with Crippen molar-refractivity contribution in [3.8, 4) is 0 Å². The van der Waals surface area contributed by atoms with Crippen molar-refractivity contribution in [2.24, 2.45) is 5.92 Å². The Balaban J connectivity index is 1.25. The van der Waals surface area contributed by atoms with Crippen LogP contribution in [0.4, 0.5) is 16.2 Å². The Morgan fingerprint density at radius 2 is 1.75 bits per heavy atom. The molecule has 1 aromatic carbocycles. The van der Waals surface area contributed by atoms with Crippen molar-refractivity contribution < 1.29 is 14.3 Å². The quantitative estimate of drug-likeness (QED) is 0.530. The number of ether oxygens (including phenoxy) is 2. The minimum Gasteiger partial charge on any atom is -0.444 e. The minimum atomic E-state index is -0.456. The molecule has 3 aliphatic rings. The molecule has 0 spiro atoms. The summed E-state index contributed by atoms with van der Waals surface area (Å²) in [4.78, 5) is 21.7. The summed E-state index contributed by atoms with van der Waals surface area (Å²) in [6.07, 6.45) is 4.88. The number of likely N-dealkylation sites (tertiary alicyclic amines) is 1. The fourth-order valence-corrected chi connectivity index (χ4v) is 5.90. The molecule has 0 saturated carbocycles. The number of aryl methyl sites for hydroxylation is 1. The molecule has 2 aromatic rings. The van der Waals surface area contributed by atoms with E-state index in [1.54, 1.807) is 0 Å². The molecule has 4 heterocycles. The topological polar surface area (TPSA) is 78.3 Å². The number of nitrogens with one attached hydrogen (secondary N) is 1. The second-order valence-electron chi connectivity index (χ2n) is 12.7. The van der Waals surface area contributed by atoms with Gasteiger partial charge in [0.25, 0.3) is 0 Å². The van der Waals surface area contributed by atoms with E-state index in [2.05, 4.69) is 43.9 Å². The molecule has 1 amide bonds. The number of piperidine rings is 1. The summed E-state index contributed by atoms with van der Waals surface area (Å²) in [7, 11) is 2.20. The van der Waals surface area contributed by atoms with Gasteiger partial charge in [0.05, 0.1) is 24.9 Å². The molecule has 0 atom stereocenters. The summed E-state index contributed by atoms with van der Waals surface area (Å²) in [6, 6.07) is 4.66. The van der Waals surface area contributed by atoms with Gasteiger partial charge in [0, 0.05) is 88.8 Å². The van der Waals surface area contributed by atoms with E-state index < -0.39 is 5.60 Å². The number of fused-ring (bicyclic) bond motifs is 1. The molecule has 3 fully saturated rings. The number of amides is 1. The lowest BCUT2D eigenvalue weighted by molar-refractivity contribution is 0.0188. The van der Waals surface area contributed by atoms with Crippen LogP contribution in [0, 0.1) is 5.92 Å². The molecule has 10 nitrogen and oxygen atoms in total. The lowest BCUT2D eigenvalue weighted by Gasteiger charge is -2.35. The molecule has 1 N–H and O–H groups in total. The summed E-state index contributed by atoms with van der Waals surface area (Å²) in [5, 5.41) is 9.83. The van der Waals surface area contributed by atoms with Gasteiger partial charge >= 0.3 is 6.09 Å². The minimum absolute atomic E-state index is 0.193. The van der Waals surface area contributed by atoms with Gasteiger partial charge in [-0.2, -0.15) is 5.10 Å². The monoisotopic (exact) mass is 555 g/mol. The number of anilines is 2. The number of likely N-dealkylation sites (N-methyl/N-ethyl adjacent to an activating group) is 1. The van der Waals surface area contributed by atoms with Crippen molar-refractivity contribution in [3.63, 3.8) is 0 Å². The number of nitrogens with zero attached hydrogens (tertiary/aromatic N) is 6. The van der Waals surface area contributed by atoms with Gasteiger partial charge in [-0.25, -0.2) is 4.79 Å². The van der Waals surface area contributed by atoms with E-state index in [1.807, 2.05) is 31.9 Å². The largest absolute Gasteiger partial charge is 0.444 e. The highest BCUT2D eigenvalue weighted by molar-refractivity contribution is 5.95. The molecule has 0 aliphatic carbocycles. The Morgan fingerprint density at radius 1 is 1.02 bits per heavy atom. The fourth-order valence-electron chi connectivity index (χ4n) is 5.90. The van der Waals surface area contributed by atoms with Gasteiger partial charge in [-0.15, -0.1) is 0 Å². The SMILES string of the molecule is CN1CCN(c2cc(NCC3CCN(C(=O)OC(C)(C)C)CC3)c3cnn(CCCN4CCOCC4)c3c2)CC1. The van der Waals surface area contributed by atoms with Gasteiger partial charge in [0.1, 0.15) is 5.60 Å². The Kier molecular flexibility index (Phi) is 9.38. The zero-order chi connectivity index (χ0) is 28.1. The number of morpholine rings is 1. The van der Waals surface area contributed by atoms with Crippen molar-refractivity contribution in [2.45, 2.75) is 52.2 Å². The van der Waals surface area contributed by atoms with Crippen LogP contribution in [0.25, 0.3) is 10.9 Å². The number of rotatable bonds is 8. The average Bonchev–Trinajstić information content (AvgIpc) is 3.35. The van der Waals surface area contributed by atoms with E-state index in [0.717, 1.165) is 104 Å². The Morgan fingerprint density at radius 3 is 2.45 bits per heavy atom. The summed E-state index contributed by atoms with van der Waals surface area (Å²) in [5.74, 6) is 0.518. The first-order valence-electron chi connectivity index (χ1n) is 15.2. The standard InChI is InChI=1S/C30H49N7O3/c1-30(2,3)40-29(38)36-10-6-24(7-11-36)22-31-27-20-25(35-14-12-33(4)13-15-35)21-28-26(27)23-32-37(28)9-5-8-34-16-18-39-19-17-34/h20-21,23-24,31H,5-19,22H2,1-4H3. The highest BCUT2D eigenvalue weighted by Crippen LogP contribution is 2.32. The molecular weight excluding hydrogens is 506 g/mol. The van der Waals surface area contributed by atoms with E-state index in [0.29, 0.717) is 5.92 Å². The van der Waals surface area contributed by atoms with Gasteiger partial charge in [-0.1, -0.05) is 0 Å². The third kappa shape index (κ3) is 7.59. The van der Waals surface area contributed by atoms with E-state index in [9.17, 15) is 4.79 Å². The molecule has 1 aromatic heterocycles. The summed E-state index contributed by atoms with van der Waals surface area (Å²) < 4.78 is 13.3. The van der Waals surface area contributed by atoms with Crippen LogP contribution < -0.4 is 10.2 Å². The van der Waals surface area contributed by atoms with Crippen LogP contribution >= 0.6 is 0 Å². The smallest absolute Gasteiger partial charge is 0.410 e. The van der Waals surface area contributed by atoms with Gasteiger partial charge in [-0.05, 0) is 65.1 Å². The maximum absolute atomic E-state index is 12.5. The zero-order valence-electron chi connectivity index (χ0n) is 25.0. The van der Waals surface area contributed by atoms with Crippen molar-refractivity contribution >= 4 is 28.4 Å². The summed E-state index contributed by atoms with van der Waals surface area (Å²) >= 11 is 0. The molecule has 0 unspecified atom stereocenters. The van der Waals surface area contributed by atoms with Gasteiger partial charge in [0.2, 0.25) is 0 Å². The van der Waals surface area contributed by atoms with Crippen LogP contribution in [0.1, 0.15) is 40.0 Å². The van der Waals surface area contributed by atoms with Gasteiger partial charge < -0.3 is 29.5 Å². The van der Waals surface area contributed by atoms with E-state index in [1.165, 1.54) is 22.3 Å². The number of hydrogen-bond acceptors (Lipinski definition) is 8. The molecule has 10 heteroatoms. The van der Waals surface area contributed by atoms with Crippen LogP contribution in [0.3, 0.4) is 0 Å². The highest BCUT2D eigenvalue weighted by Gasteiger charge is 2.27. The third-order valence-corrected chi connectivity index (χ3v) is 8.41. The second kappa shape index (κ2) is 13.0. The van der Waals surface area contributed by atoms with Crippen molar-refractivity contribution in [2.75, 3.05) is 95.9 Å². The first-order chi connectivity index (χ1) is 19.2. The van der Waals surface area contributed by atoms with Crippen LogP contribution in [0.5, 0.6) is 0 Å². The zero-order valence-corrected chi connectivity index (χ0v) is 25.0. The van der Waals surface area contributed by atoms with E-state index in [4.69, 9.17) is 14.6 Å².